The molecule has 15 heavy (non-hydrogen) atoms. The highest BCUT2D eigenvalue weighted by Gasteiger charge is 2.47. The van der Waals surface area contributed by atoms with E-state index in [9.17, 15) is 9.18 Å². The number of ether oxygens (including phenoxy) is 2. The molecule has 0 spiro atoms. The van der Waals surface area contributed by atoms with Crippen LogP contribution in [0.15, 0.2) is 24.3 Å². The molecule has 4 heteroatoms. The number of carbonyl (C=O) groups excluding carboxylic acids is 1. The molecule has 0 aliphatic carbocycles. The Bertz CT molecular complexity index is 361. The van der Waals surface area contributed by atoms with E-state index in [2.05, 4.69) is 0 Å². The summed E-state index contributed by atoms with van der Waals surface area (Å²) < 4.78 is 22.6. The van der Waals surface area contributed by atoms with Crippen LogP contribution in [0.5, 0.6) is 0 Å². The molecule has 0 amide bonds. The van der Waals surface area contributed by atoms with Crippen molar-refractivity contribution in [2.24, 2.45) is 0 Å². The molecule has 0 unspecified atom stereocenters. The molecule has 2 rings (SSSR count). The summed E-state index contributed by atoms with van der Waals surface area (Å²) in [6.45, 7) is 2.09. The Morgan fingerprint density at radius 1 is 1.47 bits per heavy atom. The van der Waals surface area contributed by atoms with Gasteiger partial charge in [-0.1, -0.05) is 12.1 Å². The van der Waals surface area contributed by atoms with E-state index in [1.165, 1.54) is 12.1 Å². The lowest BCUT2D eigenvalue weighted by Crippen LogP contribution is -2.11. The van der Waals surface area contributed by atoms with Gasteiger partial charge in [-0.3, -0.25) is 0 Å². The van der Waals surface area contributed by atoms with E-state index in [-0.39, 0.29) is 17.9 Å². The molecule has 0 aromatic heterocycles. The molecule has 80 valence electrons. The van der Waals surface area contributed by atoms with Crippen LogP contribution in [0.4, 0.5) is 4.39 Å². The van der Waals surface area contributed by atoms with Crippen LogP contribution in [0, 0.1) is 5.82 Å². The predicted octanol–water partition coefficient (Wildman–Crippen LogP) is 1.83. The van der Waals surface area contributed by atoms with Crippen LogP contribution in [-0.4, -0.2) is 18.7 Å². The molecule has 1 aliphatic rings. The number of carbonyl (C=O) groups is 1. The van der Waals surface area contributed by atoms with Gasteiger partial charge in [0.1, 0.15) is 11.9 Å². The molecule has 0 bridgehead atoms. The number of rotatable bonds is 3. The summed E-state index contributed by atoms with van der Waals surface area (Å²) in [5.74, 6) is -0.654. The minimum absolute atomic E-state index is 0.273. The third-order valence-corrected chi connectivity index (χ3v) is 2.21. The van der Waals surface area contributed by atoms with Gasteiger partial charge in [-0.25, -0.2) is 9.18 Å². The van der Waals surface area contributed by atoms with Gasteiger partial charge in [0.2, 0.25) is 0 Å². The Morgan fingerprint density at radius 2 is 2.13 bits per heavy atom. The number of epoxide rings is 1. The number of halogens is 1. The van der Waals surface area contributed by atoms with Gasteiger partial charge in [-0.15, -0.1) is 0 Å². The number of hydrogen-bond donors (Lipinski definition) is 0. The van der Waals surface area contributed by atoms with Gasteiger partial charge in [0, 0.05) is 0 Å². The zero-order valence-corrected chi connectivity index (χ0v) is 8.27. The normalized spacial score (nSPS) is 23.6. The highest BCUT2D eigenvalue weighted by molar-refractivity contribution is 5.78. The Morgan fingerprint density at radius 3 is 2.73 bits per heavy atom. The topological polar surface area (TPSA) is 38.8 Å². The van der Waals surface area contributed by atoms with Gasteiger partial charge in [0.25, 0.3) is 0 Å². The molecule has 1 aromatic carbocycles. The molecular formula is C11H11FO3. The number of benzene rings is 1. The lowest BCUT2D eigenvalue weighted by Gasteiger charge is -1.97. The molecule has 0 radical (unpaired) electrons. The Labute approximate surface area is 86.8 Å². The molecule has 1 aromatic rings. The van der Waals surface area contributed by atoms with Crippen LogP contribution in [0.2, 0.25) is 0 Å². The molecule has 1 heterocycles. The average Bonchev–Trinajstić information content (AvgIpc) is 2.99. The SMILES string of the molecule is CCOC(=O)[C@@H]1O[C@H]1c1ccc(F)cc1. The quantitative estimate of drug-likeness (QED) is 0.564. The zero-order chi connectivity index (χ0) is 10.8. The summed E-state index contributed by atoms with van der Waals surface area (Å²) in [6.07, 6.45) is -0.792. The van der Waals surface area contributed by atoms with Crippen LogP contribution in [0.3, 0.4) is 0 Å². The first-order valence-electron chi connectivity index (χ1n) is 4.80. The summed E-state index contributed by atoms with van der Waals surface area (Å²) in [5.41, 5.74) is 0.800. The van der Waals surface area contributed by atoms with Crippen molar-refractivity contribution in [3.63, 3.8) is 0 Å². The first-order chi connectivity index (χ1) is 7.22. The van der Waals surface area contributed by atoms with Crippen LogP contribution in [0.1, 0.15) is 18.6 Å². The van der Waals surface area contributed by atoms with Crippen molar-refractivity contribution >= 4 is 5.97 Å². The zero-order valence-electron chi connectivity index (χ0n) is 8.27. The fourth-order valence-electron chi connectivity index (χ4n) is 1.42. The highest BCUT2D eigenvalue weighted by atomic mass is 19.1. The van der Waals surface area contributed by atoms with Crippen LogP contribution >= 0.6 is 0 Å². The molecular weight excluding hydrogens is 199 g/mol. The van der Waals surface area contributed by atoms with Gasteiger partial charge in [-0.2, -0.15) is 0 Å². The van der Waals surface area contributed by atoms with Gasteiger partial charge >= 0.3 is 5.97 Å². The summed E-state index contributed by atoms with van der Waals surface area (Å²) in [7, 11) is 0. The van der Waals surface area contributed by atoms with Crippen LogP contribution < -0.4 is 0 Å². The van der Waals surface area contributed by atoms with Gasteiger partial charge in [0.05, 0.1) is 6.61 Å². The second kappa shape index (κ2) is 3.98. The van der Waals surface area contributed by atoms with E-state index in [0.29, 0.717) is 6.61 Å². The second-order valence-corrected chi connectivity index (χ2v) is 3.28. The molecule has 1 saturated heterocycles. The smallest absolute Gasteiger partial charge is 0.338 e. The summed E-state index contributed by atoms with van der Waals surface area (Å²) in [4.78, 5) is 11.2. The van der Waals surface area contributed by atoms with Crippen LogP contribution in [-0.2, 0) is 14.3 Å². The first kappa shape index (κ1) is 10.1. The van der Waals surface area contributed by atoms with Crippen molar-refractivity contribution in [1.29, 1.82) is 0 Å². The number of esters is 1. The largest absolute Gasteiger partial charge is 0.464 e. The lowest BCUT2D eigenvalue weighted by atomic mass is 10.1. The molecule has 0 saturated carbocycles. The Kier molecular flexibility index (Phi) is 2.68. The van der Waals surface area contributed by atoms with Crippen molar-refractivity contribution < 1.29 is 18.7 Å². The molecule has 1 aliphatic heterocycles. The molecule has 1 fully saturated rings. The maximum absolute atomic E-state index is 12.6. The summed E-state index contributed by atoms with van der Waals surface area (Å²) in [6, 6.07) is 5.91. The second-order valence-electron chi connectivity index (χ2n) is 3.28. The number of hydrogen-bond acceptors (Lipinski definition) is 3. The van der Waals surface area contributed by atoms with Gasteiger partial charge in [-0.05, 0) is 24.6 Å². The van der Waals surface area contributed by atoms with Crippen molar-refractivity contribution in [3.8, 4) is 0 Å². The highest BCUT2D eigenvalue weighted by Crippen LogP contribution is 2.39. The van der Waals surface area contributed by atoms with E-state index in [1.54, 1.807) is 19.1 Å². The monoisotopic (exact) mass is 210 g/mol. The van der Waals surface area contributed by atoms with Crippen LogP contribution in [0.25, 0.3) is 0 Å². The van der Waals surface area contributed by atoms with Crippen molar-refractivity contribution in [2.75, 3.05) is 6.61 Å². The Balaban J connectivity index is 1.98. The summed E-state index contributed by atoms with van der Waals surface area (Å²) >= 11 is 0. The van der Waals surface area contributed by atoms with Gasteiger partial charge in [0.15, 0.2) is 6.10 Å². The third-order valence-electron chi connectivity index (χ3n) is 2.21. The minimum Gasteiger partial charge on any atom is -0.464 e. The molecule has 0 N–H and O–H groups in total. The minimum atomic E-state index is -0.518. The lowest BCUT2D eigenvalue weighted by molar-refractivity contribution is -0.144. The first-order valence-corrected chi connectivity index (χ1v) is 4.80. The van der Waals surface area contributed by atoms with Crippen molar-refractivity contribution in [3.05, 3.63) is 35.6 Å². The maximum atomic E-state index is 12.6. The fraction of sp³-hybridized carbons (Fsp3) is 0.364. The van der Waals surface area contributed by atoms with E-state index >= 15 is 0 Å². The average molecular weight is 210 g/mol. The van der Waals surface area contributed by atoms with Crippen molar-refractivity contribution in [2.45, 2.75) is 19.1 Å². The van der Waals surface area contributed by atoms with E-state index < -0.39 is 6.10 Å². The van der Waals surface area contributed by atoms with E-state index in [4.69, 9.17) is 9.47 Å². The maximum Gasteiger partial charge on any atom is 0.338 e. The predicted molar refractivity (Wildman–Crippen MR) is 50.6 cm³/mol. The summed E-state index contributed by atoms with van der Waals surface area (Å²) in [5, 5.41) is 0. The van der Waals surface area contributed by atoms with Gasteiger partial charge < -0.3 is 9.47 Å². The van der Waals surface area contributed by atoms with E-state index in [0.717, 1.165) is 5.56 Å². The fourth-order valence-corrected chi connectivity index (χ4v) is 1.42. The van der Waals surface area contributed by atoms with E-state index in [1.807, 2.05) is 0 Å². The molecule has 3 nitrogen and oxygen atoms in total. The third kappa shape index (κ3) is 2.15. The standard InChI is InChI=1S/C11H11FO3/c1-2-14-11(13)10-9(15-10)7-3-5-8(12)6-4-7/h3-6,9-10H,2H2,1H3/t9-,10+/m0/s1. The van der Waals surface area contributed by atoms with Crippen molar-refractivity contribution in [1.82, 2.24) is 0 Å². The Hall–Kier alpha value is -1.42. The molecule has 2 atom stereocenters.